The standard InChI is InChI=1S/C14H21N3O2/c1-11(19-2)14(18)17-8-6-16(7-9-17)13-5-3-4-12(15)10-13/h3-5,10-11H,6-9,15H2,1-2H3. The lowest BCUT2D eigenvalue weighted by Gasteiger charge is -2.37. The molecule has 1 heterocycles. The third-order valence-corrected chi connectivity index (χ3v) is 3.53. The van der Waals surface area contributed by atoms with Gasteiger partial charge in [0, 0.05) is 44.7 Å². The van der Waals surface area contributed by atoms with Crippen LogP contribution in [0.5, 0.6) is 0 Å². The summed E-state index contributed by atoms with van der Waals surface area (Å²) >= 11 is 0. The number of methoxy groups -OCH3 is 1. The van der Waals surface area contributed by atoms with Crippen molar-refractivity contribution in [2.75, 3.05) is 43.9 Å². The molecule has 5 nitrogen and oxygen atoms in total. The number of ether oxygens (including phenoxy) is 1. The molecule has 0 spiro atoms. The third-order valence-electron chi connectivity index (χ3n) is 3.53. The van der Waals surface area contributed by atoms with Crippen molar-refractivity contribution in [2.24, 2.45) is 0 Å². The molecule has 1 aromatic rings. The first-order valence-electron chi connectivity index (χ1n) is 6.54. The summed E-state index contributed by atoms with van der Waals surface area (Å²) in [6.45, 7) is 4.88. The Hall–Kier alpha value is -1.75. The van der Waals surface area contributed by atoms with Gasteiger partial charge in [-0.05, 0) is 25.1 Å². The molecule has 1 aliphatic heterocycles. The third kappa shape index (κ3) is 3.17. The number of rotatable bonds is 3. The fourth-order valence-corrected chi connectivity index (χ4v) is 2.26. The molecule has 2 N–H and O–H groups in total. The maximum Gasteiger partial charge on any atom is 0.251 e. The van der Waals surface area contributed by atoms with E-state index in [1.54, 1.807) is 14.0 Å². The molecule has 2 rings (SSSR count). The number of benzene rings is 1. The van der Waals surface area contributed by atoms with Crippen molar-refractivity contribution in [1.29, 1.82) is 0 Å². The number of carbonyl (C=O) groups is 1. The zero-order valence-electron chi connectivity index (χ0n) is 11.5. The largest absolute Gasteiger partial charge is 0.399 e. The normalized spacial score (nSPS) is 17.4. The number of piperazine rings is 1. The summed E-state index contributed by atoms with van der Waals surface area (Å²) in [5.74, 6) is 0.0646. The summed E-state index contributed by atoms with van der Waals surface area (Å²) in [5, 5.41) is 0. The van der Waals surface area contributed by atoms with Gasteiger partial charge in [0.15, 0.2) is 0 Å². The van der Waals surface area contributed by atoms with Crippen LogP contribution in [0.1, 0.15) is 6.92 Å². The summed E-state index contributed by atoms with van der Waals surface area (Å²) in [6.07, 6.45) is -0.362. The van der Waals surface area contributed by atoms with Gasteiger partial charge in [-0.1, -0.05) is 6.07 Å². The summed E-state index contributed by atoms with van der Waals surface area (Å²) in [7, 11) is 1.56. The maximum atomic E-state index is 12.0. The fraction of sp³-hybridized carbons (Fsp3) is 0.500. The van der Waals surface area contributed by atoms with Crippen LogP contribution in [0.25, 0.3) is 0 Å². The topological polar surface area (TPSA) is 58.8 Å². The number of nitrogen functional groups attached to an aromatic ring is 1. The van der Waals surface area contributed by atoms with Crippen LogP contribution >= 0.6 is 0 Å². The highest BCUT2D eigenvalue weighted by atomic mass is 16.5. The lowest BCUT2D eigenvalue weighted by atomic mass is 10.2. The Labute approximate surface area is 113 Å². The highest BCUT2D eigenvalue weighted by molar-refractivity contribution is 5.80. The SMILES string of the molecule is COC(C)C(=O)N1CCN(c2cccc(N)c2)CC1. The number of nitrogens with two attached hydrogens (primary N) is 1. The van der Waals surface area contributed by atoms with E-state index in [4.69, 9.17) is 10.5 Å². The van der Waals surface area contributed by atoms with E-state index < -0.39 is 0 Å². The monoisotopic (exact) mass is 263 g/mol. The highest BCUT2D eigenvalue weighted by Gasteiger charge is 2.24. The van der Waals surface area contributed by atoms with Crippen LogP contribution in [0.4, 0.5) is 11.4 Å². The fourth-order valence-electron chi connectivity index (χ4n) is 2.26. The molecule has 104 valence electrons. The Morgan fingerprint density at radius 2 is 2.00 bits per heavy atom. The Morgan fingerprint density at radius 3 is 2.58 bits per heavy atom. The molecule has 1 unspecified atom stereocenters. The van der Waals surface area contributed by atoms with Gasteiger partial charge in [0.05, 0.1) is 0 Å². The average Bonchev–Trinajstić information content (AvgIpc) is 2.46. The van der Waals surface area contributed by atoms with Crippen LogP contribution in [-0.4, -0.2) is 50.2 Å². The molecule has 0 aromatic heterocycles. The predicted molar refractivity (Wildman–Crippen MR) is 76.1 cm³/mol. The Morgan fingerprint density at radius 1 is 1.32 bits per heavy atom. The number of hydrogen-bond donors (Lipinski definition) is 1. The van der Waals surface area contributed by atoms with Gasteiger partial charge in [0.1, 0.15) is 6.10 Å². The molecule has 1 fully saturated rings. The van der Waals surface area contributed by atoms with Crippen LogP contribution in [0.3, 0.4) is 0 Å². The molecule has 5 heteroatoms. The van der Waals surface area contributed by atoms with Gasteiger partial charge in [-0.3, -0.25) is 4.79 Å². The predicted octanol–water partition coefficient (Wildman–Crippen LogP) is 0.952. The zero-order chi connectivity index (χ0) is 13.8. The van der Waals surface area contributed by atoms with Gasteiger partial charge in [0.25, 0.3) is 5.91 Å². The number of hydrogen-bond acceptors (Lipinski definition) is 4. The van der Waals surface area contributed by atoms with E-state index in [2.05, 4.69) is 4.90 Å². The van der Waals surface area contributed by atoms with Gasteiger partial charge in [-0.25, -0.2) is 0 Å². The molecule has 1 aliphatic rings. The second kappa shape index (κ2) is 5.93. The molecule has 0 aliphatic carbocycles. The molecular formula is C14H21N3O2. The second-order valence-electron chi connectivity index (χ2n) is 4.79. The van der Waals surface area contributed by atoms with E-state index in [1.165, 1.54) is 0 Å². The van der Waals surface area contributed by atoms with Crippen molar-refractivity contribution < 1.29 is 9.53 Å². The molecular weight excluding hydrogens is 242 g/mol. The summed E-state index contributed by atoms with van der Waals surface area (Å²) in [4.78, 5) is 16.1. The van der Waals surface area contributed by atoms with Gasteiger partial charge in [-0.15, -0.1) is 0 Å². The molecule has 19 heavy (non-hydrogen) atoms. The number of anilines is 2. The lowest BCUT2D eigenvalue weighted by molar-refractivity contribution is -0.141. The zero-order valence-corrected chi connectivity index (χ0v) is 11.5. The molecule has 1 amide bonds. The van der Waals surface area contributed by atoms with E-state index in [1.807, 2.05) is 29.2 Å². The van der Waals surface area contributed by atoms with Crippen LogP contribution in [0.2, 0.25) is 0 Å². The minimum Gasteiger partial charge on any atom is -0.399 e. The van der Waals surface area contributed by atoms with E-state index in [0.29, 0.717) is 0 Å². The van der Waals surface area contributed by atoms with Crippen molar-refractivity contribution in [3.05, 3.63) is 24.3 Å². The first-order valence-corrected chi connectivity index (χ1v) is 6.54. The lowest BCUT2D eigenvalue weighted by Crippen LogP contribution is -2.51. The van der Waals surface area contributed by atoms with Crippen molar-refractivity contribution in [1.82, 2.24) is 4.90 Å². The number of carbonyl (C=O) groups excluding carboxylic acids is 1. The van der Waals surface area contributed by atoms with E-state index in [9.17, 15) is 4.79 Å². The summed E-state index contributed by atoms with van der Waals surface area (Å²) < 4.78 is 5.07. The number of amides is 1. The highest BCUT2D eigenvalue weighted by Crippen LogP contribution is 2.19. The van der Waals surface area contributed by atoms with E-state index in [0.717, 1.165) is 37.6 Å². The molecule has 1 saturated heterocycles. The van der Waals surface area contributed by atoms with E-state index in [-0.39, 0.29) is 12.0 Å². The second-order valence-corrected chi connectivity index (χ2v) is 4.79. The molecule has 0 saturated carbocycles. The van der Waals surface area contributed by atoms with Gasteiger partial charge in [0.2, 0.25) is 0 Å². The number of nitrogens with zero attached hydrogens (tertiary/aromatic N) is 2. The molecule has 0 bridgehead atoms. The van der Waals surface area contributed by atoms with Crippen LogP contribution < -0.4 is 10.6 Å². The Bertz CT molecular complexity index is 442. The van der Waals surface area contributed by atoms with Crippen LogP contribution in [0, 0.1) is 0 Å². The van der Waals surface area contributed by atoms with Gasteiger partial charge in [-0.2, -0.15) is 0 Å². The van der Waals surface area contributed by atoms with Gasteiger partial charge >= 0.3 is 0 Å². The first kappa shape index (κ1) is 13.7. The quantitative estimate of drug-likeness (QED) is 0.825. The van der Waals surface area contributed by atoms with Crippen LogP contribution in [0.15, 0.2) is 24.3 Å². The Balaban J connectivity index is 1.94. The van der Waals surface area contributed by atoms with Gasteiger partial charge < -0.3 is 20.3 Å². The average molecular weight is 263 g/mol. The minimum atomic E-state index is -0.362. The maximum absolute atomic E-state index is 12.0. The first-order chi connectivity index (χ1) is 9.11. The molecule has 1 aromatic carbocycles. The van der Waals surface area contributed by atoms with Crippen molar-refractivity contribution >= 4 is 17.3 Å². The molecule has 0 radical (unpaired) electrons. The summed E-state index contributed by atoms with van der Waals surface area (Å²) in [5.41, 5.74) is 7.68. The van der Waals surface area contributed by atoms with Crippen molar-refractivity contribution in [3.8, 4) is 0 Å². The molecule has 1 atom stereocenters. The minimum absolute atomic E-state index is 0.0646. The summed E-state index contributed by atoms with van der Waals surface area (Å²) in [6, 6.07) is 7.85. The Kier molecular flexibility index (Phi) is 4.27. The van der Waals surface area contributed by atoms with Crippen molar-refractivity contribution in [2.45, 2.75) is 13.0 Å². The van der Waals surface area contributed by atoms with Crippen LogP contribution in [-0.2, 0) is 9.53 Å². The van der Waals surface area contributed by atoms with Crippen molar-refractivity contribution in [3.63, 3.8) is 0 Å². The smallest absolute Gasteiger partial charge is 0.251 e. The van der Waals surface area contributed by atoms with E-state index >= 15 is 0 Å².